The maximum absolute atomic E-state index is 10.0. The van der Waals surface area contributed by atoms with Gasteiger partial charge >= 0.3 is 0 Å². The van der Waals surface area contributed by atoms with Crippen LogP contribution in [0.3, 0.4) is 0 Å². The highest BCUT2D eigenvalue weighted by atomic mass is 16.3. The summed E-state index contributed by atoms with van der Waals surface area (Å²) in [7, 11) is 0. The molecular weight excluding hydrogens is 352 g/mol. The van der Waals surface area contributed by atoms with Gasteiger partial charge in [0.15, 0.2) is 0 Å². The van der Waals surface area contributed by atoms with Gasteiger partial charge in [-0.15, -0.1) is 0 Å². The highest BCUT2D eigenvalue weighted by Crippen LogP contribution is 2.59. The topological polar surface area (TPSA) is 20.2 Å². The molecule has 0 aliphatic heterocycles. The first-order chi connectivity index (χ1) is 13.7. The van der Waals surface area contributed by atoms with Crippen LogP contribution in [-0.2, 0) is 0 Å². The van der Waals surface area contributed by atoms with E-state index in [-0.39, 0.29) is 6.10 Å². The Kier molecular flexibility index (Phi) is 7.31. The minimum atomic E-state index is -0.182. The van der Waals surface area contributed by atoms with Gasteiger partial charge in [0.1, 0.15) is 0 Å². The summed E-state index contributed by atoms with van der Waals surface area (Å²) in [4.78, 5) is 0. The molecule has 3 saturated carbocycles. The number of allylic oxidation sites excluding steroid dienone is 6. The van der Waals surface area contributed by atoms with Gasteiger partial charge in [-0.05, 0) is 91.9 Å². The van der Waals surface area contributed by atoms with Gasteiger partial charge in [-0.1, -0.05) is 76.6 Å². The summed E-state index contributed by atoms with van der Waals surface area (Å²) in [6.45, 7) is 16.3. The summed E-state index contributed by atoms with van der Waals surface area (Å²) in [5, 5.41) is 10.0. The molecule has 6 atom stereocenters. The first-order valence-electron chi connectivity index (χ1n) is 12.2. The largest absolute Gasteiger partial charge is 0.393 e. The molecule has 29 heavy (non-hydrogen) atoms. The Hall–Kier alpha value is -1.08. The summed E-state index contributed by atoms with van der Waals surface area (Å²) in [5.41, 5.74) is 4.61. The minimum absolute atomic E-state index is 0.182. The fourth-order valence-corrected chi connectivity index (χ4v) is 6.25. The van der Waals surface area contributed by atoms with Crippen LogP contribution in [0.2, 0.25) is 0 Å². The van der Waals surface area contributed by atoms with E-state index in [2.05, 4.69) is 65.5 Å². The highest BCUT2D eigenvalue weighted by molar-refractivity contribution is 5.36. The molecule has 0 heterocycles. The van der Waals surface area contributed by atoms with E-state index in [1.165, 1.54) is 43.3 Å². The van der Waals surface area contributed by atoms with Crippen molar-refractivity contribution in [2.45, 2.75) is 92.1 Å². The summed E-state index contributed by atoms with van der Waals surface area (Å²) >= 11 is 0. The van der Waals surface area contributed by atoms with E-state index in [0.29, 0.717) is 17.3 Å². The van der Waals surface area contributed by atoms with E-state index in [0.717, 1.165) is 37.0 Å². The SMILES string of the molecule is C=C1CC[C@H](O)C/C1=C\C=C1/CCC[C@@]2(C)[C@@H]1CC[C@@H]2[C@H](C)/C=C/[C@H](C)C(C)C. The normalized spacial score (nSPS) is 38.2. The Morgan fingerprint density at radius 1 is 1.03 bits per heavy atom. The fraction of sp³-hybridized carbons (Fsp3) is 0.714. The Bertz CT molecular complexity index is 678. The van der Waals surface area contributed by atoms with Crippen LogP contribution in [0.15, 0.2) is 47.6 Å². The van der Waals surface area contributed by atoms with Gasteiger partial charge in [0, 0.05) is 0 Å². The second kappa shape index (κ2) is 9.38. The lowest BCUT2D eigenvalue weighted by molar-refractivity contribution is 0.112. The van der Waals surface area contributed by atoms with E-state index in [1.807, 2.05) is 0 Å². The van der Waals surface area contributed by atoms with Gasteiger partial charge in [0.2, 0.25) is 0 Å². The predicted molar refractivity (Wildman–Crippen MR) is 126 cm³/mol. The molecule has 0 aromatic heterocycles. The van der Waals surface area contributed by atoms with Crippen LogP contribution in [0.5, 0.6) is 0 Å². The van der Waals surface area contributed by atoms with Gasteiger partial charge in [0.25, 0.3) is 0 Å². The third-order valence-corrected chi connectivity index (χ3v) is 8.63. The molecule has 0 amide bonds. The molecule has 0 aromatic carbocycles. The van der Waals surface area contributed by atoms with E-state index < -0.39 is 0 Å². The maximum atomic E-state index is 10.0. The molecule has 3 aliphatic rings. The monoisotopic (exact) mass is 396 g/mol. The van der Waals surface area contributed by atoms with E-state index in [1.54, 1.807) is 5.57 Å². The fourth-order valence-electron chi connectivity index (χ4n) is 6.25. The van der Waals surface area contributed by atoms with Crippen molar-refractivity contribution in [3.63, 3.8) is 0 Å². The van der Waals surface area contributed by atoms with Crippen molar-refractivity contribution in [1.82, 2.24) is 0 Å². The number of hydrogen-bond donors (Lipinski definition) is 1. The van der Waals surface area contributed by atoms with Crippen LogP contribution < -0.4 is 0 Å². The number of hydrogen-bond acceptors (Lipinski definition) is 1. The number of aliphatic hydroxyl groups excluding tert-OH is 1. The average Bonchev–Trinajstić information content (AvgIpc) is 3.04. The maximum Gasteiger partial charge on any atom is 0.0583 e. The zero-order valence-corrected chi connectivity index (χ0v) is 19.6. The molecule has 3 fully saturated rings. The molecule has 3 rings (SSSR count). The second-order valence-electron chi connectivity index (χ2n) is 10.9. The molecule has 1 nitrogen and oxygen atoms in total. The van der Waals surface area contributed by atoms with Gasteiger partial charge in [-0.2, -0.15) is 0 Å². The lowest BCUT2D eigenvalue weighted by Crippen LogP contribution is -2.35. The van der Waals surface area contributed by atoms with Crippen molar-refractivity contribution in [1.29, 1.82) is 0 Å². The summed E-state index contributed by atoms with van der Waals surface area (Å²) in [6, 6.07) is 0. The van der Waals surface area contributed by atoms with Crippen molar-refractivity contribution in [2.24, 2.45) is 35.0 Å². The molecule has 1 N–H and O–H groups in total. The Morgan fingerprint density at radius 2 is 1.79 bits per heavy atom. The molecule has 0 unspecified atom stereocenters. The van der Waals surface area contributed by atoms with Crippen LogP contribution in [0.4, 0.5) is 0 Å². The lowest BCUT2D eigenvalue weighted by atomic mass is 9.61. The van der Waals surface area contributed by atoms with E-state index in [9.17, 15) is 5.11 Å². The molecule has 1 heteroatoms. The quantitative estimate of drug-likeness (QED) is 0.473. The first-order valence-corrected chi connectivity index (χ1v) is 12.2. The van der Waals surface area contributed by atoms with Crippen molar-refractivity contribution in [2.75, 3.05) is 0 Å². The molecule has 0 bridgehead atoms. The molecule has 0 aromatic rings. The minimum Gasteiger partial charge on any atom is -0.393 e. The number of rotatable bonds is 5. The van der Waals surface area contributed by atoms with Crippen LogP contribution in [0.1, 0.15) is 86.0 Å². The zero-order valence-electron chi connectivity index (χ0n) is 19.6. The first kappa shape index (κ1) is 22.6. The van der Waals surface area contributed by atoms with Crippen LogP contribution >= 0.6 is 0 Å². The van der Waals surface area contributed by atoms with Gasteiger partial charge in [-0.3, -0.25) is 0 Å². The molecule has 3 aliphatic carbocycles. The van der Waals surface area contributed by atoms with Crippen LogP contribution in [-0.4, -0.2) is 11.2 Å². The van der Waals surface area contributed by atoms with Gasteiger partial charge in [0.05, 0.1) is 6.10 Å². The molecule has 0 radical (unpaired) electrons. The summed E-state index contributed by atoms with van der Waals surface area (Å²) in [5.74, 6) is 3.58. The molecule has 162 valence electrons. The average molecular weight is 397 g/mol. The summed E-state index contributed by atoms with van der Waals surface area (Å²) in [6.07, 6.45) is 18.8. The van der Waals surface area contributed by atoms with E-state index in [4.69, 9.17) is 0 Å². The van der Waals surface area contributed by atoms with Gasteiger partial charge < -0.3 is 5.11 Å². The smallest absolute Gasteiger partial charge is 0.0583 e. The predicted octanol–water partition coefficient (Wildman–Crippen LogP) is 7.64. The Balaban J connectivity index is 1.75. The standard InChI is InChI=1S/C28H44O/c1-19(2)20(3)9-10-22(5)26-15-16-27-23(8-7-17-28(26,27)6)12-13-24-18-25(29)14-11-21(24)4/h9-10,12-13,19-20,22,25-27,29H,4,7-8,11,14-18H2,1-3,5-6H3/b10-9+,23-12+,24-13+/t20-,22+,25-,26+,27+,28+/m0/s1. The summed E-state index contributed by atoms with van der Waals surface area (Å²) < 4.78 is 0. The lowest BCUT2D eigenvalue weighted by Gasteiger charge is -2.44. The zero-order chi connectivity index (χ0) is 21.2. The highest BCUT2D eigenvalue weighted by Gasteiger charge is 2.50. The van der Waals surface area contributed by atoms with Crippen molar-refractivity contribution in [3.8, 4) is 0 Å². The number of aliphatic hydroxyl groups is 1. The van der Waals surface area contributed by atoms with Crippen LogP contribution in [0.25, 0.3) is 0 Å². The van der Waals surface area contributed by atoms with Crippen molar-refractivity contribution in [3.05, 3.63) is 47.6 Å². The Morgan fingerprint density at radius 3 is 2.52 bits per heavy atom. The van der Waals surface area contributed by atoms with E-state index >= 15 is 0 Å². The molecule has 0 spiro atoms. The van der Waals surface area contributed by atoms with Crippen molar-refractivity contribution < 1.29 is 5.11 Å². The third kappa shape index (κ3) is 4.98. The molecular formula is C28H44O. The van der Waals surface area contributed by atoms with Crippen LogP contribution in [0, 0.1) is 35.0 Å². The molecule has 0 saturated heterocycles. The third-order valence-electron chi connectivity index (χ3n) is 8.63. The Labute approximate surface area is 180 Å². The number of fused-ring (bicyclic) bond motifs is 1. The second-order valence-corrected chi connectivity index (χ2v) is 10.9. The van der Waals surface area contributed by atoms with Crippen molar-refractivity contribution >= 4 is 0 Å². The van der Waals surface area contributed by atoms with Gasteiger partial charge in [-0.25, -0.2) is 0 Å².